The molecule has 0 radical (unpaired) electrons. The molecule has 0 saturated heterocycles. The lowest BCUT2D eigenvalue weighted by Crippen LogP contribution is -2.12. The Morgan fingerprint density at radius 3 is 3.15 bits per heavy atom. The highest BCUT2D eigenvalue weighted by molar-refractivity contribution is 7.98. The van der Waals surface area contributed by atoms with Gasteiger partial charge >= 0.3 is 0 Å². The molecule has 1 aromatic carbocycles. The summed E-state index contributed by atoms with van der Waals surface area (Å²) in [7, 11) is 0. The van der Waals surface area contributed by atoms with Gasteiger partial charge in [-0.3, -0.25) is 0 Å². The molecule has 20 heavy (non-hydrogen) atoms. The summed E-state index contributed by atoms with van der Waals surface area (Å²) >= 11 is 1.76. The van der Waals surface area contributed by atoms with E-state index in [1.165, 1.54) is 0 Å². The van der Waals surface area contributed by atoms with Gasteiger partial charge in [-0.15, -0.1) is 0 Å². The third-order valence-corrected chi connectivity index (χ3v) is 4.06. The Morgan fingerprint density at radius 2 is 2.30 bits per heavy atom. The molecule has 0 spiro atoms. The molecule has 0 amide bonds. The average molecular weight is 291 g/mol. The molecular weight excluding hydrogens is 274 g/mol. The fourth-order valence-electron chi connectivity index (χ4n) is 2.28. The van der Waals surface area contributed by atoms with Gasteiger partial charge in [0, 0.05) is 5.56 Å². The van der Waals surface area contributed by atoms with Crippen molar-refractivity contribution in [2.24, 2.45) is 5.73 Å². The van der Waals surface area contributed by atoms with Crippen LogP contribution in [-0.2, 0) is 0 Å². The molecule has 5 nitrogen and oxygen atoms in total. The molecular formula is C14H17N3O2S. The normalized spacial score (nSPS) is 18.6. The lowest BCUT2D eigenvalue weighted by atomic mass is 10.0. The van der Waals surface area contributed by atoms with Gasteiger partial charge in [-0.2, -0.15) is 16.7 Å². The lowest BCUT2D eigenvalue weighted by molar-refractivity contribution is 0.327. The molecule has 2 atom stereocenters. The van der Waals surface area contributed by atoms with Gasteiger partial charge in [0.1, 0.15) is 12.4 Å². The number of nitrogens with zero attached hydrogens (tertiary/aromatic N) is 2. The highest BCUT2D eigenvalue weighted by Gasteiger charge is 2.30. The SMILES string of the molecule is CSCC[C@@H](N)c1nc(C2COc3ccccc32)no1. The molecule has 0 fully saturated rings. The third kappa shape index (κ3) is 2.53. The zero-order chi connectivity index (χ0) is 13.9. The van der Waals surface area contributed by atoms with E-state index in [2.05, 4.69) is 16.4 Å². The predicted octanol–water partition coefficient (Wildman–Crippen LogP) is 2.35. The Morgan fingerprint density at radius 1 is 1.45 bits per heavy atom. The van der Waals surface area contributed by atoms with Gasteiger partial charge in [0.2, 0.25) is 5.89 Å². The van der Waals surface area contributed by atoms with Crippen LogP contribution in [0.25, 0.3) is 0 Å². The zero-order valence-corrected chi connectivity index (χ0v) is 12.1. The summed E-state index contributed by atoms with van der Waals surface area (Å²) in [5.41, 5.74) is 7.16. The second-order valence-electron chi connectivity index (χ2n) is 4.78. The van der Waals surface area contributed by atoms with Crippen LogP contribution in [0.1, 0.15) is 35.7 Å². The van der Waals surface area contributed by atoms with Crippen LogP contribution in [0.4, 0.5) is 0 Å². The standard InChI is InChI=1S/C14H17N3O2S/c1-20-7-6-11(15)14-16-13(17-19-14)10-8-18-12-5-3-2-4-9(10)12/h2-5,10-11H,6-8,15H2,1H3/t10?,11-/m1/s1. The zero-order valence-electron chi connectivity index (χ0n) is 11.3. The molecule has 0 aliphatic carbocycles. The van der Waals surface area contributed by atoms with E-state index in [1.807, 2.05) is 24.3 Å². The lowest BCUT2D eigenvalue weighted by Gasteiger charge is -2.04. The summed E-state index contributed by atoms with van der Waals surface area (Å²) < 4.78 is 10.9. The maximum absolute atomic E-state index is 6.05. The largest absolute Gasteiger partial charge is 0.492 e. The van der Waals surface area contributed by atoms with Crippen molar-refractivity contribution in [1.82, 2.24) is 10.1 Å². The van der Waals surface area contributed by atoms with E-state index >= 15 is 0 Å². The second-order valence-corrected chi connectivity index (χ2v) is 5.77. The highest BCUT2D eigenvalue weighted by Crippen LogP contribution is 2.36. The number of thioether (sulfide) groups is 1. The number of hydrogen-bond acceptors (Lipinski definition) is 6. The van der Waals surface area contributed by atoms with Crippen molar-refractivity contribution in [2.75, 3.05) is 18.6 Å². The Labute approximate surface area is 121 Å². The van der Waals surface area contributed by atoms with Gasteiger partial charge in [0.25, 0.3) is 0 Å². The van der Waals surface area contributed by atoms with Crippen LogP contribution in [0.5, 0.6) is 5.75 Å². The molecule has 2 aromatic rings. The fourth-order valence-corrected chi connectivity index (χ4v) is 2.77. The smallest absolute Gasteiger partial charge is 0.243 e. The number of rotatable bonds is 5. The summed E-state index contributed by atoms with van der Waals surface area (Å²) in [6.45, 7) is 0.554. The van der Waals surface area contributed by atoms with Crippen molar-refractivity contribution in [3.8, 4) is 5.75 Å². The maximum Gasteiger partial charge on any atom is 0.243 e. The van der Waals surface area contributed by atoms with Crippen molar-refractivity contribution in [1.29, 1.82) is 0 Å². The Balaban J connectivity index is 1.78. The molecule has 1 aromatic heterocycles. The summed E-state index contributed by atoms with van der Waals surface area (Å²) in [4.78, 5) is 4.45. The van der Waals surface area contributed by atoms with E-state index in [9.17, 15) is 0 Å². The van der Waals surface area contributed by atoms with Gasteiger partial charge < -0.3 is 15.0 Å². The number of nitrogens with two attached hydrogens (primary N) is 1. The Kier molecular flexibility index (Phi) is 3.93. The van der Waals surface area contributed by atoms with Gasteiger partial charge in [0.05, 0.1) is 12.0 Å². The number of benzene rings is 1. The molecule has 2 N–H and O–H groups in total. The molecule has 6 heteroatoms. The number of hydrogen-bond donors (Lipinski definition) is 1. The minimum atomic E-state index is -0.193. The quantitative estimate of drug-likeness (QED) is 0.911. The predicted molar refractivity (Wildman–Crippen MR) is 78.0 cm³/mol. The molecule has 1 aliphatic heterocycles. The van der Waals surface area contributed by atoms with E-state index in [1.54, 1.807) is 11.8 Å². The monoisotopic (exact) mass is 291 g/mol. The first-order valence-electron chi connectivity index (χ1n) is 6.59. The van der Waals surface area contributed by atoms with E-state index in [0.29, 0.717) is 18.3 Å². The molecule has 106 valence electrons. The summed E-state index contributed by atoms with van der Waals surface area (Å²) in [5.74, 6) is 3.09. The average Bonchev–Trinajstić information content (AvgIpc) is 3.10. The number of para-hydroxylation sites is 1. The summed E-state index contributed by atoms with van der Waals surface area (Å²) in [5, 5.41) is 4.07. The van der Waals surface area contributed by atoms with Crippen LogP contribution >= 0.6 is 11.8 Å². The Hall–Kier alpha value is -1.53. The minimum absolute atomic E-state index is 0.0384. The molecule has 0 saturated carbocycles. The number of aromatic nitrogens is 2. The topological polar surface area (TPSA) is 74.2 Å². The van der Waals surface area contributed by atoms with Gasteiger partial charge in [-0.1, -0.05) is 23.4 Å². The number of ether oxygens (including phenoxy) is 1. The maximum atomic E-state index is 6.05. The van der Waals surface area contributed by atoms with Crippen LogP contribution in [0, 0.1) is 0 Å². The first-order chi connectivity index (χ1) is 9.79. The molecule has 0 bridgehead atoms. The van der Waals surface area contributed by atoms with Crippen LogP contribution in [-0.4, -0.2) is 28.8 Å². The van der Waals surface area contributed by atoms with Crippen LogP contribution in [0.2, 0.25) is 0 Å². The van der Waals surface area contributed by atoms with E-state index in [0.717, 1.165) is 23.5 Å². The van der Waals surface area contributed by atoms with Crippen molar-refractivity contribution < 1.29 is 9.26 Å². The molecule has 1 aliphatic rings. The van der Waals surface area contributed by atoms with E-state index < -0.39 is 0 Å². The molecule has 3 rings (SSSR count). The highest BCUT2D eigenvalue weighted by atomic mass is 32.2. The van der Waals surface area contributed by atoms with Crippen molar-refractivity contribution in [2.45, 2.75) is 18.4 Å². The van der Waals surface area contributed by atoms with Crippen molar-refractivity contribution in [3.05, 3.63) is 41.5 Å². The first-order valence-corrected chi connectivity index (χ1v) is 7.98. The van der Waals surface area contributed by atoms with Crippen molar-refractivity contribution >= 4 is 11.8 Å². The van der Waals surface area contributed by atoms with Gasteiger partial charge in [-0.25, -0.2) is 0 Å². The number of fused-ring (bicyclic) bond motifs is 1. The third-order valence-electron chi connectivity index (χ3n) is 3.42. The molecule has 2 heterocycles. The fraction of sp³-hybridized carbons (Fsp3) is 0.429. The van der Waals surface area contributed by atoms with Crippen LogP contribution in [0.3, 0.4) is 0 Å². The van der Waals surface area contributed by atoms with E-state index in [4.69, 9.17) is 15.0 Å². The van der Waals surface area contributed by atoms with Gasteiger partial charge in [0.15, 0.2) is 5.82 Å². The Bertz CT molecular complexity index is 587. The second kappa shape index (κ2) is 5.85. The van der Waals surface area contributed by atoms with Crippen molar-refractivity contribution in [3.63, 3.8) is 0 Å². The van der Waals surface area contributed by atoms with E-state index in [-0.39, 0.29) is 12.0 Å². The first kappa shape index (κ1) is 13.5. The molecule has 1 unspecified atom stereocenters. The van der Waals surface area contributed by atoms with Crippen LogP contribution in [0.15, 0.2) is 28.8 Å². The summed E-state index contributed by atoms with van der Waals surface area (Å²) in [6, 6.07) is 7.76. The van der Waals surface area contributed by atoms with Gasteiger partial charge in [-0.05, 0) is 24.5 Å². The van der Waals surface area contributed by atoms with Crippen LogP contribution < -0.4 is 10.5 Å². The summed E-state index contributed by atoms with van der Waals surface area (Å²) in [6.07, 6.45) is 2.89. The minimum Gasteiger partial charge on any atom is -0.492 e.